The second-order valence-corrected chi connectivity index (χ2v) is 6.62. The molecule has 142 valence electrons. The summed E-state index contributed by atoms with van der Waals surface area (Å²) in [5, 5.41) is 0. The number of piperidine rings is 1. The number of ether oxygens (including phenoxy) is 2. The SMILES string of the molecule is CCOc1cccc(C(=O)N2CCC(C(=O)c3ccc(OC)cc3)CC2)c1. The first kappa shape index (κ1) is 19.0. The molecule has 3 rings (SSSR count). The molecule has 0 aliphatic carbocycles. The van der Waals surface area contributed by atoms with Crippen molar-refractivity contribution in [2.24, 2.45) is 5.92 Å². The third kappa shape index (κ3) is 4.48. The fourth-order valence-electron chi connectivity index (χ4n) is 3.40. The van der Waals surface area contributed by atoms with E-state index in [9.17, 15) is 9.59 Å². The van der Waals surface area contributed by atoms with Crippen LogP contribution in [0.1, 0.15) is 40.5 Å². The van der Waals surface area contributed by atoms with E-state index in [1.165, 1.54) is 0 Å². The monoisotopic (exact) mass is 367 g/mol. The van der Waals surface area contributed by atoms with Gasteiger partial charge in [-0.2, -0.15) is 0 Å². The van der Waals surface area contributed by atoms with E-state index in [-0.39, 0.29) is 17.6 Å². The molecule has 0 spiro atoms. The molecule has 0 bridgehead atoms. The standard InChI is InChI=1S/C22H25NO4/c1-3-27-20-6-4-5-18(15-20)22(25)23-13-11-17(12-14-23)21(24)16-7-9-19(26-2)10-8-16/h4-10,15,17H,3,11-14H2,1-2H3. The van der Waals surface area contributed by atoms with Gasteiger partial charge in [0.25, 0.3) is 5.91 Å². The van der Waals surface area contributed by atoms with Gasteiger partial charge in [0.1, 0.15) is 11.5 Å². The number of carbonyl (C=O) groups excluding carboxylic acids is 2. The van der Waals surface area contributed by atoms with Crippen molar-refractivity contribution >= 4 is 11.7 Å². The van der Waals surface area contributed by atoms with Crippen molar-refractivity contribution in [3.05, 3.63) is 59.7 Å². The van der Waals surface area contributed by atoms with Crippen molar-refractivity contribution in [3.63, 3.8) is 0 Å². The Morgan fingerprint density at radius 2 is 1.70 bits per heavy atom. The van der Waals surface area contributed by atoms with Crippen LogP contribution < -0.4 is 9.47 Å². The van der Waals surface area contributed by atoms with Gasteiger partial charge in [-0.05, 0) is 62.2 Å². The van der Waals surface area contributed by atoms with Gasteiger partial charge in [0.15, 0.2) is 5.78 Å². The average Bonchev–Trinajstić information content (AvgIpc) is 2.73. The van der Waals surface area contributed by atoms with Crippen molar-refractivity contribution in [3.8, 4) is 11.5 Å². The van der Waals surface area contributed by atoms with Gasteiger partial charge in [0, 0.05) is 30.1 Å². The highest BCUT2D eigenvalue weighted by Gasteiger charge is 2.28. The second kappa shape index (κ2) is 8.71. The van der Waals surface area contributed by atoms with E-state index in [4.69, 9.17) is 9.47 Å². The van der Waals surface area contributed by atoms with Crippen LogP contribution in [0, 0.1) is 5.92 Å². The van der Waals surface area contributed by atoms with Crippen molar-refractivity contribution in [2.75, 3.05) is 26.8 Å². The fourth-order valence-corrected chi connectivity index (χ4v) is 3.40. The number of Topliss-reactive ketones (excluding diaryl/α,β-unsaturated/α-hetero) is 1. The predicted molar refractivity (Wildman–Crippen MR) is 104 cm³/mol. The summed E-state index contributed by atoms with van der Waals surface area (Å²) in [6.45, 7) is 3.66. The van der Waals surface area contributed by atoms with Crippen LogP contribution >= 0.6 is 0 Å². The zero-order valence-electron chi connectivity index (χ0n) is 15.8. The van der Waals surface area contributed by atoms with Crippen molar-refractivity contribution < 1.29 is 19.1 Å². The normalized spacial score (nSPS) is 14.7. The number of methoxy groups -OCH3 is 1. The first-order valence-electron chi connectivity index (χ1n) is 9.32. The minimum atomic E-state index is -0.0443. The van der Waals surface area contributed by atoms with Crippen LogP contribution in [0.15, 0.2) is 48.5 Å². The van der Waals surface area contributed by atoms with Crippen molar-refractivity contribution in [1.82, 2.24) is 4.90 Å². The number of amides is 1. The molecule has 2 aromatic carbocycles. The van der Waals surface area contributed by atoms with Crippen molar-refractivity contribution in [1.29, 1.82) is 0 Å². The first-order chi connectivity index (χ1) is 13.1. The molecule has 0 atom stereocenters. The van der Waals surface area contributed by atoms with E-state index in [0.717, 1.165) is 5.75 Å². The third-order valence-electron chi connectivity index (χ3n) is 4.92. The lowest BCUT2D eigenvalue weighted by Gasteiger charge is -2.31. The molecular formula is C22H25NO4. The summed E-state index contributed by atoms with van der Waals surface area (Å²) in [6, 6.07) is 14.5. The molecule has 1 amide bonds. The molecule has 0 radical (unpaired) electrons. The summed E-state index contributed by atoms with van der Waals surface area (Å²) in [5.74, 6) is 1.53. The topological polar surface area (TPSA) is 55.8 Å². The Balaban J connectivity index is 1.60. The number of hydrogen-bond donors (Lipinski definition) is 0. The Hall–Kier alpha value is -2.82. The first-order valence-corrected chi connectivity index (χ1v) is 9.32. The van der Waals surface area contributed by atoms with Crippen LogP contribution in [-0.2, 0) is 0 Å². The van der Waals surface area contributed by atoms with Crippen LogP contribution in [0.5, 0.6) is 11.5 Å². The average molecular weight is 367 g/mol. The van der Waals surface area contributed by atoms with Gasteiger partial charge in [-0.15, -0.1) is 0 Å². The van der Waals surface area contributed by atoms with Crippen LogP contribution in [0.25, 0.3) is 0 Å². The molecule has 2 aromatic rings. The maximum Gasteiger partial charge on any atom is 0.253 e. The molecule has 1 heterocycles. The number of carbonyl (C=O) groups is 2. The molecule has 1 fully saturated rings. The van der Waals surface area contributed by atoms with Crippen LogP contribution in [0.2, 0.25) is 0 Å². The Kier molecular flexibility index (Phi) is 6.12. The molecule has 1 saturated heterocycles. The van der Waals surface area contributed by atoms with Gasteiger partial charge in [-0.25, -0.2) is 0 Å². The molecule has 0 saturated carbocycles. The lowest BCUT2D eigenvalue weighted by Crippen LogP contribution is -2.40. The summed E-state index contributed by atoms with van der Waals surface area (Å²) >= 11 is 0. The number of benzene rings is 2. The smallest absolute Gasteiger partial charge is 0.253 e. The highest BCUT2D eigenvalue weighted by Crippen LogP contribution is 2.24. The maximum atomic E-state index is 12.7. The number of nitrogens with zero attached hydrogens (tertiary/aromatic N) is 1. The van der Waals surface area contributed by atoms with Crippen LogP contribution in [0.4, 0.5) is 0 Å². The number of rotatable bonds is 6. The second-order valence-electron chi connectivity index (χ2n) is 6.62. The van der Waals surface area contributed by atoms with Gasteiger partial charge in [-0.3, -0.25) is 9.59 Å². The fraction of sp³-hybridized carbons (Fsp3) is 0.364. The van der Waals surface area contributed by atoms with E-state index in [1.807, 2.05) is 24.0 Å². The van der Waals surface area contributed by atoms with Gasteiger partial charge < -0.3 is 14.4 Å². The Labute approximate surface area is 159 Å². The Morgan fingerprint density at radius 1 is 1.00 bits per heavy atom. The number of likely N-dealkylation sites (tertiary alicyclic amines) is 1. The van der Waals surface area contributed by atoms with Crippen molar-refractivity contribution in [2.45, 2.75) is 19.8 Å². The summed E-state index contributed by atoms with van der Waals surface area (Å²) in [6.07, 6.45) is 1.36. The highest BCUT2D eigenvalue weighted by atomic mass is 16.5. The Bertz CT molecular complexity index is 792. The number of ketones is 1. The molecule has 27 heavy (non-hydrogen) atoms. The van der Waals surface area contributed by atoms with Crippen LogP contribution in [0.3, 0.4) is 0 Å². The minimum absolute atomic E-state index is 0.00750. The van der Waals surface area contributed by atoms with E-state index in [2.05, 4.69) is 0 Å². The molecule has 0 aromatic heterocycles. The van der Waals surface area contributed by atoms with Gasteiger partial charge in [0.2, 0.25) is 0 Å². The number of hydrogen-bond acceptors (Lipinski definition) is 4. The minimum Gasteiger partial charge on any atom is -0.497 e. The van der Waals surface area contributed by atoms with E-state index < -0.39 is 0 Å². The van der Waals surface area contributed by atoms with E-state index >= 15 is 0 Å². The maximum absolute atomic E-state index is 12.7. The lowest BCUT2D eigenvalue weighted by atomic mass is 9.88. The zero-order chi connectivity index (χ0) is 19.2. The zero-order valence-corrected chi connectivity index (χ0v) is 15.8. The highest BCUT2D eigenvalue weighted by molar-refractivity contribution is 5.98. The largest absolute Gasteiger partial charge is 0.497 e. The molecule has 1 aliphatic rings. The summed E-state index contributed by atoms with van der Waals surface area (Å²) in [4.78, 5) is 27.3. The molecule has 0 unspecified atom stereocenters. The summed E-state index contributed by atoms with van der Waals surface area (Å²) in [7, 11) is 1.60. The Morgan fingerprint density at radius 3 is 2.33 bits per heavy atom. The molecular weight excluding hydrogens is 342 g/mol. The van der Waals surface area contributed by atoms with Gasteiger partial charge >= 0.3 is 0 Å². The molecule has 5 heteroatoms. The lowest BCUT2D eigenvalue weighted by molar-refractivity contribution is 0.0650. The van der Waals surface area contributed by atoms with Gasteiger partial charge in [0.05, 0.1) is 13.7 Å². The molecule has 0 N–H and O–H groups in total. The molecule has 5 nitrogen and oxygen atoms in total. The quantitative estimate of drug-likeness (QED) is 0.728. The third-order valence-corrected chi connectivity index (χ3v) is 4.92. The van der Waals surface area contributed by atoms with E-state index in [0.29, 0.717) is 49.4 Å². The molecule has 1 aliphatic heterocycles. The van der Waals surface area contributed by atoms with Crippen LogP contribution in [-0.4, -0.2) is 43.4 Å². The summed E-state index contributed by atoms with van der Waals surface area (Å²) < 4.78 is 10.6. The predicted octanol–water partition coefficient (Wildman–Crippen LogP) is 3.83. The van der Waals surface area contributed by atoms with Gasteiger partial charge in [-0.1, -0.05) is 6.07 Å². The van der Waals surface area contributed by atoms with E-state index in [1.54, 1.807) is 43.5 Å². The summed E-state index contributed by atoms with van der Waals surface area (Å²) in [5.41, 5.74) is 1.32.